The van der Waals surface area contributed by atoms with E-state index >= 15 is 0 Å². The number of hydrogen-bond donors (Lipinski definition) is 1. The van der Waals surface area contributed by atoms with E-state index in [1.165, 1.54) is 12.1 Å². The molecule has 0 aliphatic heterocycles. The first-order valence-corrected chi connectivity index (χ1v) is 10.0. The summed E-state index contributed by atoms with van der Waals surface area (Å²) in [5.74, 6) is -0.641. The molecule has 2 aromatic rings. The minimum absolute atomic E-state index is 0.130. The van der Waals surface area contributed by atoms with Gasteiger partial charge in [-0.25, -0.2) is 4.39 Å². The Morgan fingerprint density at radius 2 is 1.55 bits per heavy atom. The predicted octanol–water partition coefficient (Wildman–Crippen LogP) is 4.40. The number of hydrogen-bond acceptors (Lipinski definition) is 2. The van der Waals surface area contributed by atoms with Gasteiger partial charge in [0.15, 0.2) is 0 Å². The quantitative estimate of drug-likeness (QED) is 0.752. The zero-order valence-electron chi connectivity index (χ0n) is 18.0. The van der Waals surface area contributed by atoms with Crippen LogP contribution in [0.25, 0.3) is 0 Å². The number of benzene rings is 2. The molecule has 0 aromatic heterocycles. The normalized spacial score (nSPS) is 12.3. The topological polar surface area (TPSA) is 49.4 Å². The summed E-state index contributed by atoms with van der Waals surface area (Å²) >= 11 is 0. The van der Waals surface area contributed by atoms with Crippen LogP contribution in [-0.2, 0) is 22.6 Å². The summed E-state index contributed by atoms with van der Waals surface area (Å²) in [5, 5.41) is 2.98. The molecule has 0 unspecified atom stereocenters. The SMILES string of the molecule is CC[C@@H](C(=O)NC(C)(C)C)N(Cc1ccc(F)cc1)C(=O)Cc1ccc(C)cc1. The molecule has 0 heterocycles. The smallest absolute Gasteiger partial charge is 0.243 e. The summed E-state index contributed by atoms with van der Waals surface area (Å²) in [5.41, 5.74) is 2.41. The Bertz CT molecular complexity index is 823. The molecule has 0 aliphatic carbocycles. The van der Waals surface area contributed by atoms with Crippen LogP contribution >= 0.6 is 0 Å². The van der Waals surface area contributed by atoms with Crippen molar-refractivity contribution in [1.29, 1.82) is 0 Å². The Kier molecular flexibility index (Phi) is 7.54. The third-order valence-electron chi connectivity index (χ3n) is 4.63. The molecule has 0 radical (unpaired) electrons. The fraction of sp³-hybridized carbons (Fsp3) is 0.417. The highest BCUT2D eigenvalue weighted by atomic mass is 19.1. The van der Waals surface area contributed by atoms with Crippen molar-refractivity contribution in [2.75, 3.05) is 0 Å². The molecule has 2 rings (SSSR count). The fourth-order valence-corrected chi connectivity index (χ4v) is 3.14. The van der Waals surface area contributed by atoms with Crippen molar-refractivity contribution < 1.29 is 14.0 Å². The molecule has 1 N–H and O–H groups in total. The Morgan fingerprint density at radius 3 is 2.07 bits per heavy atom. The van der Waals surface area contributed by atoms with Crippen molar-refractivity contribution in [3.05, 3.63) is 71.0 Å². The lowest BCUT2D eigenvalue weighted by molar-refractivity contribution is -0.141. The zero-order valence-corrected chi connectivity index (χ0v) is 18.0. The van der Waals surface area contributed by atoms with Gasteiger partial charge in [-0.3, -0.25) is 9.59 Å². The van der Waals surface area contributed by atoms with Crippen molar-refractivity contribution in [3.8, 4) is 0 Å². The molecule has 29 heavy (non-hydrogen) atoms. The van der Waals surface area contributed by atoms with Crippen LogP contribution in [0.2, 0.25) is 0 Å². The zero-order chi connectivity index (χ0) is 21.6. The van der Waals surface area contributed by atoms with E-state index in [4.69, 9.17) is 0 Å². The van der Waals surface area contributed by atoms with Gasteiger partial charge in [-0.1, -0.05) is 48.9 Å². The van der Waals surface area contributed by atoms with Gasteiger partial charge in [0, 0.05) is 12.1 Å². The minimum Gasteiger partial charge on any atom is -0.350 e. The van der Waals surface area contributed by atoms with Crippen LogP contribution in [0.15, 0.2) is 48.5 Å². The van der Waals surface area contributed by atoms with E-state index in [0.29, 0.717) is 6.42 Å². The number of nitrogens with zero attached hydrogens (tertiary/aromatic N) is 1. The largest absolute Gasteiger partial charge is 0.350 e. The van der Waals surface area contributed by atoms with Gasteiger partial charge in [-0.05, 0) is 57.4 Å². The third kappa shape index (κ3) is 7.00. The Morgan fingerprint density at radius 1 is 1.00 bits per heavy atom. The van der Waals surface area contributed by atoms with Crippen LogP contribution in [0.1, 0.15) is 50.8 Å². The van der Waals surface area contributed by atoms with Crippen LogP contribution in [0.3, 0.4) is 0 Å². The van der Waals surface area contributed by atoms with E-state index in [2.05, 4.69) is 5.32 Å². The fourth-order valence-electron chi connectivity index (χ4n) is 3.14. The highest BCUT2D eigenvalue weighted by Crippen LogP contribution is 2.16. The number of aryl methyl sites for hydroxylation is 1. The second-order valence-corrected chi connectivity index (χ2v) is 8.47. The van der Waals surface area contributed by atoms with Gasteiger partial charge in [0.05, 0.1) is 6.42 Å². The molecule has 5 heteroatoms. The first kappa shape index (κ1) is 22.6. The summed E-state index contributed by atoms with van der Waals surface area (Å²) in [6, 6.07) is 13.2. The van der Waals surface area contributed by atoms with Crippen LogP contribution < -0.4 is 5.32 Å². The van der Waals surface area contributed by atoms with Crippen molar-refractivity contribution in [2.24, 2.45) is 0 Å². The summed E-state index contributed by atoms with van der Waals surface area (Å²) in [6.45, 7) is 9.88. The van der Waals surface area contributed by atoms with E-state index in [1.54, 1.807) is 17.0 Å². The minimum atomic E-state index is -0.600. The Labute approximate surface area is 173 Å². The maximum atomic E-state index is 13.3. The molecule has 2 aromatic carbocycles. The molecular formula is C24H31FN2O2. The molecule has 0 bridgehead atoms. The average Bonchev–Trinajstić information content (AvgIpc) is 2.63. The molecule has 0 fully saturated rings. The lowest BCUT2D eigenvalue weighted by Gasteiger charge is -2.33. The standard InChI is InChI=1S/C24H31FN2O2/c1-6-21(23(29)26-24(3,4)5)27(16-19-11-13-20(25)14-12-19)22(28)15-18-9-7-17(2)8-10-18/h7-14,21H,6,15-16H2,1-5H3,(H,26,29)/t21-/m0/s1. The van der Waals surface area contributed by atoms with Crippen molar-refractivity contribution in [3.63, 3.8) is 0 Å². The highest BCUT2D eigenvalue weighted by Gasteiger charge is 2.30. The van der Waals surface area contributed by atoms with E-state index in [0.717, 1.165) is 16.7 Å². The Hall–Kier alpha value is -2.69. The molecule has 1 atom stereocenters. The number of rotatable bonds is 7. The summed E-state index contributed by atoms with van der Waals surface area (Å²) in [4.78, 5) is 27.7. The van der Waals surface area contributed by atoms with Gasteiger partial charge in [-0.15, -0.1) is 0 Å². The predicted molar refractivity (Wildman–Crippen MR) is 114 cm³/mol. The summed E-state index contributed by atoms with van der Waals surface area (Å²) < 4.78 is 13.3. The van der Waals surface area contributed by atoms with E-state index in [1.807, 2.05) is 58.9 Å². The van der Waals surface area contributed by atoms with Gasteiger partial charge >= 0.3 is 0 Å². The third-order valence-corrected chi connectivity index (χ3v) is 4.63. The summed E-state index contributed by atoms with van der Waals surface area (Å²) in [6.07, 6.45) is 0.698. The monoisotopic (exact) mass is 398 g/mol. The lowest BCUT2D eigenvalue weighted by Crippen LogP contribution is -2.53. The van der Waals surface area contributed by atoms with Gasteiger partial charge < -0.3 is 10.2 Å². The molecule has 156 valence electrons. The first-order chi connectivity index (χ1) is 13.6. The first-order valence-electron chi connectivity index (χ1n) is 10.0. The number of nitrogens with one attached hydrogen (secondary N) is 1. The molecule has 4 nitrogen and oxygen atoms in total. The van der Waals surface area contributed by atoms with Gasteiger partial charge in [-0.2, -0.15) is 0 Å². The maximum absolute atomic E-state index is 13.3. The van der Waals surface area contributed by atoms with Crippen LogP contribution in [-0.4, -0.2) is 28.3 Å². The highest BCUT2D eigenvalue weighted by molar-refractivity contribution is 5.88. The van der Waals surface area contributed by atoms with Crippen molar-refractivity contribution in [1.82, 2.24) is 10.2 Å². The molecule has 0 saturated heterocycles. The van der Waals surface area contributed by atoms with Crippen LogP contribution in [0.4, 0.5) is 4.39 Å². The molecule has 2 amide bonds. The molecule has 0 aliphatic rings. The second kappa shape index (κ2) is 9.68. The van der Waals surface area contributed by atoms with Crippen molar-refractivity contribution >= 4 is 11.8 Å². The number of carbonyl (C=O) groups excluding carboxylic acids is 2. The Balaban J connectivity index is 2.29. The lowest BCUT2D eigenvalue weighted by atomic mass is 10.0. The summed E-state index contributed by atoms with van der Waals surface area (Å²) in [7, 11) is 0. The molecular weight excluding hydrogens is 367 g/mol. The van der Waals surface area contributed by atoms with Crippen molar-refractivity contribution in [2.45, 2.75) is 65.6 Å². The number of amides is 2. The van der Waals surface area contributed by atoms with Crippen LogP contribution in [0.5, 0.6) is 0 Å². The molecule has 0 spiro atoms. The number of halogens is 1. The van der Waals surface area contributed by atoms with Gasteiger partial charge in [0.1, 0.15) is 11.9 Å². The van der Waals surface area contributed by atoms with E-state index in [-0.39, 0.29) is 30.6 Å². The molecule has 0 saturated carbocycles. The maximum Gasteiger partial charge on any atom is 0.243 e. The van der Waals surface area contributed by atoms with Gasteiger partial charge in [0.25, 0.3) is 0 Å². The average molecular weight is 399 g/mol. The van der Waals surface area contributed by atoms with Crippen LogP contribution in [0, 0.1) is 12.7 Å². The van der Waals surface area contributed by atoms with E-state index in [9.17, 15) is 14.0 Å². The van der Waals surface area contributed by atoms with Gasteiger partial charge in [0.2, 0.25) is 11.8 Å². The number of carbonyl (C=O) groups is 2. The van der Waals surface area contributed by atoms with E-state index < -0.39 is 11.6 Å². The second-order valence-electron chi connectivity index (χ2n) is 8.47.